The number of anilines is 1. The van der Waals surface area contributed by atoms with E-state index < -0.39 is 41.8 Å². The minimum absolute atomic E-state index is 0. The first-order valence-corrected chi connectivity index (χ1v) is 12.6. The fourth-order valence-electron chi connectivity index (χ4n) is 3.41. The van der Waals surface area contributed by atoms with Gasteiger partial charge in [-0.05, 0) is 62.2 Å². The maximum absolute atomic E-state index is 13.0. The van der Waals surface area contributed by atoms with Crippen LogP contribution in [0.15, 0.2) is 69.0 Å². The number of carbonyl (C=O) groups is 1. The average molecular weight is 562 g/mol. The normalized spacial score (nSPS) is 14.8. The molecule has 37 heavy (non-hydrogen) atoms. The van der Waals surface area contributed by atoms with Gasteiger partial charge >= 0.3 is 59.1 Å². The summed E-state index contributed by atoms with van der Waals surface area (Å²) in [5.41, 5.74) is 0.665. The monoisotopic (exact) mass is 562 g/mol. The van der Waals surface area contributed by atoms with Gasteiger partial charge in [0.25, 0.3) is 16.0 Å². The van der Waals surface area contributed by atoms with E-state index in [4.69, 9.17) is 0 Å². The standard InChI is InChI=1S/C21H18N4O8S2.2Na/c1-12-18(20(26)24(22-12)14-5-3-7-16(9-14)34(28,29)30)11-19-13(2)23-25(21(19)27)15-6-4-8-17(10-15)35(31,32)33;;/h3-11,26H,1-2H3,(H,28,29,30)(H,31,32,33);;/q;2*+1/p-2/b19-11+;;. The molecule has 1 aliphatic heterocycles. The van der Waals surface area contributed by atoms with E-state index in [9.17, 15) is 35.8 Å². The summed E-state index contributed by atoms with van der Waals surface area (Å²) in [4.78, 5) is 12.1. The summed E-state index contributed by atoms with van der Waals surface area (Å²) in [5, 5.41) is 22.2. The van der Waals surface area contributed by atoms with Crippen molar-refractivity contribution in [2.75, 3.05) is 5.01 Å². The molecule has 0 aliphatic carbocycles. The molecule has 0 saturated heterocycles. The third kappa shape index (κ3) is 6.42. The van der Waals surface area contributed by atoms with Crippen LogP contribution >= 0.6 is 0 Å². The minimum Gasteiger partial charge on any atom is -0.858 e. The zero-order valence-corrected chi connectivity index (χ0v) is 25.7. The predicted octanol–water partition coefficient (Wildman–Crippen LogP) is -4.78. The first-order valence-electron chi connectivity index (χ1n) is 9.79. The summed E-state index contributed by atoms with van der Waals surface area (Å²) in [7, 11) is -9.26. The topological polar surface area (TPSA) is 185 Å². The molecule has 0 fully saturated rings. The minimum atomic E-state index is -4.75. The summed E-state index contributed by atoms with van der Waals surface area (Å²) in [6, 6.07) is 9.79. The second-order valence-electron chi connectivity index (χ2n) is 7.50. The van der Waals surface area contributed by atoms with Crippen LogP contribution in [0.3, 0.4) is 0 Å². The summed E-state index contributed by atoms with van der Waals surface area (Å²) in [6.45, 7) is 3.03. The molecule has 1 N–H and O–H groups in total. The van der Waals surface area contributed by atoms with E-state index in [0.717, 1.165) is 34.0 Å². The van der Waals surface area contributed by atoms with Crippen molar-refractivity contribution in [2.24, 2.45) is 5.10 Å². The second-order valence-corrected chi connectivity index (χ2v) is 10.3. The SMILES string of the molecule is CC1=NN(c2cccc(S(=O)(=O)O)c2)C(=O)/C1=C/c1c(C)nn(-c2cccc(S(=O)(=O)[O-])c2)c1[O-].[Na+].[Na+]. The van der Waals surface area contributed by atoms with E-state index in [1.54, 1.807) is 0 Å². The van der Waals surface area contributed by atoms with Gasteiger partial charge in [0, 0.05) is 5.56 Å². The van der Waals surface area contributed by atoms with Crippen molar-refractivity contribution in [1.29, 1.82) is 0 Å². The van der Waals surface area contributed by atoms with Crippen LogP contribution in [-0.2, 0) is 25.0 Å². The number of amides is 1. The van der Waals surface area contributed by atoms with E-state index in [1.807, 2.05) is 0 Å². The van der Waals surface area contributed by atoms with Crippen molar-refractivity contribution in [2.45, 2.75) is 23.6 Å². The zero-order valence-electron chi connectivity index (χ0n) is 20.1. The van der Waals surface area contributed by atoms with Crippen LogP contribution in [0.1, 0.15) is 18.2 Å². The molecule has 1 amide bonds. The van der Waals surface area contributed by atoms with E-state index in [1.165, 1.54) is 44.2 Å². The fourth-order valence-corrected chi connectivity index (χ4v) is 4.44. The van der Waals surface area contributed by atoms with Crippen molar-refractivity contribution in [3.63, 3.8) is 0 Å². The van der Waals surface area contributed by atoms with Crippen molar-refractivity contribution in [3.05, 3.63) is 65.4 Å². The molecule has 4 rings (SSSR count). The molecule has 0 spiro atoms. The van der Waals surface area contributed by atoms with Gasteiger partial charge in [-0.2, -0.15) is 23.6 Å². The molecular formula is C21H16N4Na2O8S2. The molecule has 2 heterocycles. The smallest absolute Gasteiger partial charge is 0.858 e. The van der Waals surface area contributed by atoms with Crippen LogP contribution in [0.4, 0.5) is 5.69 Å². The third-order valence-electron chi connectivity index (χ3n) is 5.12. The Labute approximate surface area is 256 Å². The molecule has 0 atom stereocenters. The van der Waals surface area contributed by atoms with Crippen LogP contribution in [-0.4, -0.2) is 47.3 Å². The number of nitrogens with zero attached hydrogens (tertiary/aromatic N) is 4. The fraction of sp³-hybridized carbons (Fsp3) is 0.0952. The molecular weight excluding hydrogens is 546 g/mol. The first kappa shape index (κ1) is 31.4. The molecule has 0 bridgehead atoms. The van der Waals surface area contributed by atoms with Crippen LogP contribution in [0.25, 0.3) is 11.8 Å². The zero-order chi connectivity index (χ0) is 25.7. The Morgan fingerprint density at radius 1 is 0.946 bits per heavy atom. The molecule has 0 unspecified atom stereocenters. The molecule has 1 aliphatic rings. The van der Waals surface area contributed by atoms with Crippen LogP contribution in [0.5, 0.6) is 5.88 Å². The van der Waals surface area contributed by atoms with Crippen molar-refractivity contribution in [1.82, 2.24) is 9.78 Å². The van der Waals surface area contributed by atoms with Crippen LogP contribution in [0, 0.1) is 6.92 Å². The molecule has 16 heteroatoms. The number of hydrogen-bond donors (Lipinski definition) is 1. The molecule has 1 aromatic heterocycles. The van der Waals surface area contributed by atoms with Crippen molar-refractivity contribution < 1.29 is 95.0 Å². The van der Waals surface area contributed by atoms with Crippen LogP contribution in [0.2, 0.25) is 0 Å². The van der Waals surface area contributed by atoms with Gasteiger partial charge in [-0.1, -0.05) is 12.1 Å². The predicted molar refractivity (Wildman–Crippen MR) is 121 cm³/mol. The summed E-state index contributed by atoms with van der Waals surface area (Å²) in [6.07, 6.45) is 1.28. The number of benzene rings is 2. The summed E-state index contributed by atoms with van der Waals surface area (Å²) >= 11 is 0. The second kappa shape index (κ2) is 11.5. The Kier molecular flexibility index (Phi) is 9.74. The maximum Gasteiger partial charge on any atom is 1.00 e. The Balaban J connectivity index is 0.00000241. The number of aryl methyl sites for hydroxylation is 1. The van der Waals surface area contributed by atoms with Crippen molar-refractivity contribution >= 4 is 43.6 Å². The Morgan fingerprint density at radius 2 is 1.51 bits per heavy atom. The average Bonchev–Trinajstić information content (AvgIpc) is 3.23. The maximum atomic E-state index is 13.0. The quantitative estimate of drug-likeness (QED) is 0.181. The van der Waals surface area contributed by atoms with Crippen LogP contribution < -0.4 is 69.2 Å². The van der Waals surface area contributed by atoms with E-state index in [0.29, 0.717) is 0 Å². The molecule has 3 aromatic rings. The number of aromatic nitrogens is 2. The molecule has 2 aromatic carbocycles. The molecule has 182 valence electrons. The molecule has 0 saturated carbocycles. The largest absolute Gasteiger partial charge is 1.00 e. The number of hydrazone groups is 1. The van der Waals surface area contributed by atoms with Gasteiger partial charge in [0.2, 0.25) is 0 Å². The van der Waals surface area contributed by atoms with Gasteiger partial charge in [0.05, 0.1) is 38.1 Å². The Hall–Kier alpha value is -1.85. The Morgan fingerprint density at radius 3 is 2.11 bits per heavy atom. The van der Waals surface area contributed by atoms with Gasteiger partial charge in [-0.25, -0.2) is 13.1 Å². The molecule has 12 nitrogen and oxygen atoms in total. The number of carbonyl (C=O) groups excluding carboxylic acids is 1. The third-order valence-corrected chi connectivity index (χ3v) is 6.81. The van der Waals surface area contributed by atoms with E-state index >= 15 is 0 Å². The van der Waals surface area contributed by atoms with Gasteiger partial charge in [-0.3, -0.25) is 9.35 Å². The summed E-state index contributed by atoms with van der Waals surface area (Å²) in [5.74, 6) is -1.32. The number of hydrogen-bond acceptors (Lipinski definition) is 9. The van der Waals surface area contributed by atoms with Gasteiger partial charge in [-0.15, -0.1) is 0 Å². The Bertz CT molecular complexity index is 1670. The summed E-state index contributed by atoms with van der Waals surface area (Å²) < 4.78 is 67.0. The number of rotatable bonds is 5. The molecule has 0 radical (unpaired) electrons. The van der Waals surface area contributed by atoms with E-state index in [-0.39, 0.29) is 93.0 Å². The van der Waals surface area contributed by atoms with Gasteiger partial charge < -0.3 is 9.66 Å². The first-order chi connectivity index (χ1) is 16.3. The van der Waals surface area contributed by atoms with Crippen molar-refractivity contribution in [3.8, 4) is 11.6 Å². The van der Waals surface area contributed by atoms with Gasteiger partial charge in [0.15, 0.2) is 0 Å². The van der Waals surface area contributed by atoms with Gasteiger partial charge in [0.1, 0.15) is 10.1 Å². The van der Waals surface area contributed by atoms with E-state index in [2.05, 4.69) is 10.2 Å².